The molecule has 162 valence electrons. The smallest absolute Gasteiger partial charge is 0.139 e. The maximum atomic E-state index is 9.00. The van der Waals surface area contributed by atoms with Gasteiger partial charge in [-0.15, -0.1) is 0 Å². The number of nitriles is 1. The second-order valence-corrected chi connectivity index (χ2v) is 8.70. The van der Waals surface area contributed by atoms with Crippen LogP contribution in [0.5, 0.6) is 0 Å². The van der Waals surface area contributed by atoms with Crippen LogP contribution in [0.3, 0.4) is 0 Å². The number of hydrogen-bond acceptors (Lipinski definition) is 5. The number of nitrogens with zero attached hydrogens (tertiary/aromatic N) is 5. The zero-order valence-electron chi connectivity index (χ0n) is 18.1. The van der Waals surface area contributed by atoms with Crippen LogP contribution in [0.2, 0.25) is 5.02 Å². The summed E-state index contributed by atoms with van der Waals surface area (Å²) in [5.41, 5.74) is 6.60. The Kier molecular flexibility index (Phi) is 5.24. The molecular weight excluding hydrogens is 422 g/mol. The first-order valence-corrected chi connectivity index (χ1v) is 11.1. The van der Waals surface area contributed by atoms with Crippen molar-refractivity contribution in [3.8, 4) is 17.3 Å². The molecular formula is C24H24ClN7. The maximum absolute atomic E-state index is 9.00. The first kappa shape index (κ1) is 20.4. The molecule has 4 aromatic rings. The number of piperidine rings is 1. The van der Waals surface area contributed by atoms with Gasteiger partial charge in [-0.05, 0) is 50.1 Å². The number of anilines is 2. The lowest BCUT2D eigenvalue weighted by molar-refractivity contribution is 0.527. The Balaban J connectivity index is 1.34. The lowest BCUT2D eigenvalue weighted by Gasteiger charge is -2.34. The Bertz CT molecular complexity index is 1300. The number of halogens is 1. The average molecular weight is 446 g/mol. The largest absolute Gasteiger partial charge is 0.380 e. The summed E-state index contributed by atoms with van der Waals surface area (Å²) in [6.07, 6.45) is 5.71. The number of aryl methyl sites for hydroxylation is 2. The molecule has 0 bridgehead atoms. The number of nitrogens with one attached hydrogen (secondary N) is 2. The van der Waals surface area contributed by atoms with E-state index < -0.39 is 0 Å². The molecule has 0 spiro atoms. The minimum Gasteiger partial charge on any atom is -0.380 e. The van der Waals surface area contributed by atoms with Crippen LogP contribution in [0.1, 0.15) is 24.1 Å². The SMILES string of the molecule is Cc1nn(C)cc1-c1cc2c(NC3CCN(c4ccc(C#N)cc4)CC3)c(Cl)cnc2[nH]1. The Morgan fingerprint density at radius 1 is 1.22 bits per heavy atom. The minimum absolute atomic E-state index is 0.325. The molecule has 3 aromatic heterocycles. The van der Waals surface area contributed by atoms with Crippen LogP contribution in [0.25, 0.3) is 22.3 Å². The Morgan fingerprint density at radius 3 is 2.62 bits per heavy atom. The van der Waals surface area contributed by atoms with Gasteiger partial charge in [0.05, 0.1) is 39.9 Å². The van der Waals surface area contributed by atoms with Crippen molar-refractivity contribution in [1.82, 2.24) is 19.7 Å². The summed E-state index contributed by atoms with van der Waals surface area (Å²) in [4.78, 5) is 10.3. The van der Waals surface area contributed by atoms with Crippen LogP contribution in [-0.4, -0.2) is 38.9 Å². The van der Waals surface area contributed by atoms with Crippen molar-refractivity contribution in [2.45, 2.75) is 25.8 Å². The van der Waals surface area contributed by atoms with Crippen LogP contribution >= 0.6 is 11.6 Å². The monoisotopic (exact) mass is 445 g/mol. The Morgan fingerprint density at radius 2 is 1.97 bits per heavy atom. The third kappa shape index (κ3) is 3.78. The molecule has 0 amide bonds. The highest BCUT2D eigenvalue weighted by Gasteiger charge is 2.22. The highest BCUT2D eigenvalue weighted by Crippen LogP contribution is 2.35. The van der Waals surface area contributed by atoms with E-state index >= 15 is 0 Å². The molecule has 1 fully saturated rings. The molecule has 0 unspecified atom stereocenters. The van der Waals surface area contributed by atoms with Crippen molar-refractivity contribution in [2.75, 3.05) is 23.3 Å². The van der Waals surface area contributed by atoms with Gasteiger partial charge in [-0.3, -0.25) is 4.68 Å². The van der Waals surface area contributed by atoms with E-state index in [0.29, 0.717) is 16.6 Å². The van der Waals surface area contributed by atoms with Crippen LogP contribution < -0.4 is 10.2 Å². The highest BCUT2D eigenvalue weighted by molar-refractivity contribution is 6.34. The third-order valence-electron chi connectivity index (χ3n) is 6.12. The predicted molar refractivity (Wildman–Crippen MR) is 128 cm³/mol. The van der Waals surface area contributed by atoms with Gasteiger partial charge >= 0.3 is 0 Å². The Hall–Kier alpha value is -3.50. The summed E-state index contributed by atoms with van der Waals surface area (Å²) in [5, 5.41) is 18.7. The van der Waals surface area contributed by atoms with Crippen LogP contribution in [-0.2, 0) is 7.05 Å². The first-order chi connectivity index (χ1) is 15.5. The van der Waals surface area contributed by atoms with Crippen LogP contribution in [0.15, 0.2) is 42.7 Å². The fourth-order valence-corrected chi connectivity index (χ4v) is 4.64. The van der Waals surface area contributed by atoms with Crippen LogP contribution in [0, 0.1) is 18.3 Å². The van der Waals surface area contributed by atoms with E-state index in [9.17, 15) is 0 Å². The molecule has 0 radical (unpaired) electrons. The fourth-order valence-electron chi connectivity index (χ4n) is 4.44. The summed E-state index contributed by atoms with van der Waals surface area (Å²) in [6, 6.07) is 12.4. The summed E-state index contributed by atoms with van der Waals surface area (Å²) >= 11 is 6.57. The van der Waals surface area contributed by atoms with Gasteiger partial charge in [0.15, 0.2) is 0 Å². The quantitative estimate of drug-likeness (QED) is 0.467. The van der Waals surface area contributed by atoms with Gasteiger partial charge in [-0.1, -0.05) is 11.6 Å². The summed E-state index contributed by atoms with van der Waals surface area (Å²) < 4.78 is 1.82. The molecule has 1 aliphatic heterocycles. The van der Waals surface area contributed by atoms with Crippen molar-refractivity contribution in [3.63, 3.8) is 0 Å². The normalized spacial score (nSPS) is 14.6. The number of rotatable bonds is 4. The predicted octanol–water partition coefficient (Wildman–Crippen LogP) is 4.88. The Labute approximate surface area is 191 Å². The van der Waals surface area contributed by atoms with Gasteiger partial charge in [0.2, 0.25) is 0 Å². The van der Waals surface area contributed by atoms with Gasteiger partial charge in [-0.25, -0.2) is 4.98 Å². The fraction of sp³-hybridized carbons (Fsp3) is 0.292. The van der Waals surface area contributed by atoms with E-state index in [-0.39, 0.29) is 0 Å². The van der Waals surface area contributed by atoms with E-state index in [2.05, 4.69) is 37.4 Å². The molecule has 1 saturated heterocycles. The molecule has 1 aliphatic rings. The van der Waals surface area contributed by atoms with E-state index in [1.165, 1.54) is 0 Å². The zero-order valence-corrected chi connectivity index (χ0v) is 18.8. The molecule has 2 N–H and O–H groups in total. The van der Waals surface area contributed by atoms with Gasteiger partial charge < -0.3 is 15.2 Å². The molecule has 32 heavy (non-hydrogen) atoms. The topological polar surface area (TPSA) is 85.6 Å². The second kappa shape index (κ2) is 8.21. The number of aromatic nitrogens is 4. The van der Waals surface area contributed by atoms with E-state index in [0.717, 1.165) is 65.3 Å². The molecule has 0 aliphatic carbocycles. The lowest BCUT2D eigenvalue weighted by Crippen LogP contribution is -2.39. The molecule has 4 heterocycles. The number of pyridine rings is 1. The molecule has 1 aromatic carbocycles. The second-order valence-electron chi connectivity index (χ2n) is 8.29. The van der Waals surface area contributed by atoms with Gasteiger partial charge in [-0.2, -0.15) is 10.4 Å². The summed E-state index contributed by atoms with van der Waals surface area (Å²) in [6.45, 7) is 3.90. The maximum Gasteiger partial charge on any atom is 0.139 e. The third-order valence-corrected chi connectivity index (χ3v) is 6.41. The lowest BCUT2D eigenvalue weighted by atomic mass is 10.0. The van der Waals surface area contributed by atoms with Crippen LogP contribution in [0.4, 0.5) is 11.4 Å². The van der Waals surface area contributed by atoms with E-state index in [1.54, 1.807) is 6.20 Å². The van der Waals surface area contributed by atoms with Crippen molar-refractivity contribution < 1.29 is 0 Å². The number of hydrogen-bond donors (Lipinski definition) is 2. The van der Waals surface area contributed by atoms with Crippen molar-refractivity contribution in [1.29, 1.82) is 5.26 Å². The van der Waals surface area contributed by atoms with E-state index in [4.69, 9.17) is 16.9 Å². The molecule has 5 rings (SSSR count). The van der Waals surface area contributed by atoms with Gasteiger partial charge in [0.25, 0.3) is 0 Å². The van der Waals surface area contributed by atoms with Gasteiger partial charge in [0, 0.05) is 49.0 Å². The summed E-state index contributed by atoms with van der Waals surface area (Å²) in [7, 11) is 1.92. The number of aromatic amines is 1. The highest BCUT2D eigenvalue weighted by atomic mass is 35.5. The molecule has 8 heteroatoms. The molecule has 7 nitrogen and oxygen atoms in total. The molecule has 0 atom stereocenters. The van der Waals surface area contributed by atoms with Crippen molar-refractivity contribution in [2.24, 2.45) is 7.05 Å². The van der Waals surface area contributed by atoms with Crippen molar-refractivity contribution in [3.05, 3.63) is 59.0 Å². The molecule has 0 saturated carbocycles. The average Bonchev–Trinajstić information content (AvgIpc) is 3.38. The summed E-state index contributed by atoms with van der Waals surface area (Å²) in [5.74, 6) is 0. The van der Waals surface area contributed by atoms with E-state index in [1.807, 2.05) is 49.1 Å². The van der Waals surface area contributed by atoms with Gasteiger partial charge in [0.1, 0.15) is 5.65 Å². The number of fused-ring (bicyclic) bond motifs is 1. The van der Waals surface area contributed by atoms with Crippen molar-refractivity contribution >= 4 is 34.0 Å². The minimum atomic E-state index is 0.325. The zero-order chi connectivity index (χ0) is 22.2. The number of H-pyrrole nitrogens is 1. The first-order valence-electron chi connectivity index (χ1n) is 10.7. The standard InChI is InChI=1S/C24H24ClN7/c1-15-20(14-31(2)30-15)22-11-19-23(21(25)13-27-24(19)29-22)28-17-7-9-32(10-8-17)18-5-3-16(12-26)4-6-18/h3-6,11,13-14,17H,7-10H2,1-2H3,(H2,27,28,29). The number of benzene rings is 1.